The molecule has 5 rings (SSSR count). The number of aromatic hydroxyl groups is 1. The molecule has 1 amide bonds. The highest BCUT2D eigenvalue weighted by Gasteiger charge is 2.29. The summed E-state index contributed by atoms with van der Waals surface area (Å²) in [6, 6.07) is 5.03. The summed E-state index contributed by atoms with van der Waals surface area (Å²) in [5, 5.41) is 15.1. The molecule has 1 fully saturated rings. The van der Waals surface area contributed by atoms with E-state index >= 15 is 0 Å². The molecule has 4 aromatic rings. The van der Waals surface area contributed by atoms with E-state index in [4.69, 9.17) is 23.1 Å². The van der Waals surface area contributed by atoms with Crippen LogP contribution in [-0.2, 0) is 0 Å². The minimum atomic E-state index is -0.833. The number of nitrogen functional groups attached to an aromatic ring is 1. The summed E-state index contributed by atoms with van der Waals surface area (Å²) in [5.41, 5.74) is 11.4. The first-order valence-corrected chi connectivity index (χ1v) is 13.8. The van der Waals surface area contributed by atoms with Crippen LogP contribution < -0.4 is 27.2 Å². The van der Waals surface area contributed by atoms with Crippen LogP contribution in [0.2, 0.25) is 5.02 Å². The molecule has 0 radical (unpaired) electrons. The molecule has 198 valence electrons. The predicted octanol–water partition coefficient (Wildman–Crippen LogP) is 3.46. The lowest BCUT2D eigenvalue weighted by atomic mass is 9.80. The molecule has 0 bridgehead atoms. The zero-order valence-corrected chi connectivity index (χ0v) is 22.7. The van der Waals surface area contributed by atoms with Crippen molar-refractivity contribution in [3.63, 3.8) is 0 Å². The molecular weight excluding hydrogens is 548 g/mol. The number of aromatic nitrogens is 4. The van der Waals surface area contributed by atoms with Crippen LogP contribution >= 0.6 is 34.7 Å². The monoisotopic (exact) mass is 572 g/mol. The average molecular weight is 573 g/mol. The van der Waals surface area contributed by atoms with Crippen LogP contribution in [-0.4, -0.2) is 50.0 Å². The van der Waals surface area contributed by atoms with Crippen molar-refractivity contribution in [1.29, 1.82) is 0 Å². The number of thiazole rings is 1. The van der Waals surface area contributed by atoms with E-state index in [-0.39, 0.29) is 26.9 Å². The number of nitrogens with two attached hydrogens (primary N) is 2. The number of hydrogen-bond acceptors (Lipinski definition) is 11. The summed E-state index contributed by atoms with van der Waals surface area (Å²) in [6.07, 6.45) is 5.11. The Bertz CT molecular complexity index is 1580. The van der Waals surface area contributed by atoms with Crippen LogP contribution in [0, 0.1) is 5.41 Å². The Labute approximate surface area is 230 Å². The van der Waals surface area contributed by atoms with Gasteiger partial charge in [-0.25, -0.2) is 9.97 Å². The molecule has 4 heterocycles. The molecule has 1 aromatic carbocycles. The minimum absolute atomic E-state index is 0.141. The second kappa shape index (κ2) is 10.4. The second-order valence-electron chi connectivity index (χ2n) is 9.27. The number of benzene rings is 1. The normalized spacial score (nSPS) is 15.1. The van der Waals surface area contributed by atoms with E-state index in [1.807, 2.05) is 0 Å². The van der Waals surface area contributed by atoms with E-state index in [0.717, 1.165) is 37.3 Å². The van der Waals surface area contributed by atoms with Crippen LogP contribution in [0.1, 0.15) is 30.1 Å². The van der Waals surface area contributed by atoms with Gasteiger partial charge in [-0.05, 0) is 36.9 Å². The molecule has 38 heavy (non-hydrogen) atoms. The van der Waals surface area contributed by atoms with Gasteiger partial charge in [0, 0.05) is 29.6 Å². The van der Waals surface area contributed by atoms with Gasteiger partial charge in [-0.2, -0.15) is 4.98 Å². The van der Waals surface area contributed by atoms with E-state index in [1.54, 1.807) is 29.8 Å². The van der Waals surface area contributed by atoms with E-state index in [2.05, 4.69) is 32.1 Å². The standard InChI is InChI=1S/C24H25ClN8O3S2/c1-24(12-26)5-7-32(8-6-24)15-11-28-21(18(27)30-15)38-14-4-2-3-13(17(14)25)29-19(34)16-20(35)31-23-33(22(16)36)9-10-37-23/h2-4,9-11,35H,5-8,12,26H2,1H3,(H2,27,30)(H,29,34). The van der Waals surface area contributed by atoms with Crippen LogP contribution in [0.5, 0.6) is 5.88 Å². The molecule has 0 unspecified atom stereocenters. The lowest BCUT2D eigenvalue weighted by Gasteiger charge is -2.39. The van der Waals surface area contributed by atoms with Gasteiger partial charge in [0.05, 0.1) is 16.9 Å². The number of fused-ring (bicyclic) bond motifs is 1. The van der Waals surface area contributed by atoms with Gasteiger partial charge >= 0.3 is 0 Å². The molecule has 14 heteroatoms. The average Bonchev–Trinajstić information content (AvgIpc) is 3.37. The number of halogens is 1. The van der Waals surface area contributed by atoms with Crippen LogP contribution in [0.15, 0.2) is 50.7 Å². The van der Waals surface area contributed by atoms with Crippen LogP contribution in [0.25, 0.3) is 4.96 Å². The first kappa shape index (κ1) is 26.2. The fourth-order valence-corrected chi connectivity index (χ4v) is 5.94. The van der Waals surface area contributed by atoms with Crippen molar-refractivity contribution in [3.05, 3.63) is 56.9 Å². The van der Waals surface area contributed by atoms with E-state index in [9.17, 15) is 14.7 Å². The second-order valence-corrected chi connectivity index (χ2v) is 11.5. The predicted molar refractivity (Wildman–Crippen MR) is 150 cm³/mol. The number of carbonyl (C=O) groups is 1. The van der Waals surface area contributed by atoms with E-state index in [0.29, 0.717) is 22.3 Å². The molecule has 0 spiro atoms. The molecule has 11 nitrogen and oxygen atoms in total. The van der Waals surface area contributed by atoms with Gasteiger partial charge in [0.2, 0.25) is 5.88 Å². The van der Waals surface area contributed by atoms with Crippen LogP contribution in [0.3, 0.4) is 0 Å². The van der Waals surface area contributed by atoms with Crippen molar-refractivity contribution in [2.45, 2.75) is 29.7 Å². The highest BCUT2D eigenvalue weighted by atomic mass is 35.5. The SMILES string of the molecule is CC1(CN)CCN(c2cnc(Sc3cccc(NC(=O)c4c(O)nc5sccn5c4=O)c3Cl)c(N)n2)CC1. The maximum Gasteiger partial charge on any atom is 0.275 e. The number of carbonyl (C=O) groups excluding carboxylic acids is 1. The Morgan fingerprint density at radius 2 is 2.08 bits per heavy atom. The minimum Gasteiger partial charge on any atom is -0.492 e. The van der Waals surface area contributed by atoms with Crippen molar-refractivity contribution in [3.8, 4) is 5.88 Å². The maximum absolute atomic E-state index is 12.9. The summed E-state index contributed by atoms with van der Waals surface area (Å²) in [4.78, 5) is 41.6. The third kappa shape index (κ3) is 5.01. The zero-order chi connectivity index (χ0) is 27.0. The van der Waals surface area contributed by atoms with Crippen molar-refractivity contribution in [1.82, 2.24) is 19.4 Å². The fourth-order valence-electron chi connectivity index (χ4n) is 4.14. The highest BCUT2D eigenvalue weighted by Crippen LogP contribution is 2.39. The quantitative estimate of drug-likeness (QED) is 0.269. The number of amides is 1. The first-order valence-electron chi connectivity index (χ1n) is 11.7. The van der Waals surface area contributed by atoms with E-state index in [1.165, 1.54) is 22.4 Å². The molecule has 6 N–H and O–H groups in total. The summed E-state index contributed by atoms with van der Waals surface area (Å²) in [5.74, 6) is -0.514. The van der Waals surface area contributed by atoms with Crippen molar-refractivity contribution in [2.24, 2.45) is 11.1 Å². The number of rotatable bonds is 6. The summed E-state index contributed by atoms with van der Waals surface area (Å²) >= 11 is 8.96. The number of piperidine rings is 1. The third-order valence-corrected chi connectivity index (χ3v) is 8.98. The fraction of sp³-hybridized carbons (Fsp3) is 0.292. The number of anilines is 3. The molecule has 1 saturated heterocycles. The molecular formula is C24H25ClN8O3S2. The molecule has 1 aliphatic heterocycles. The summed E-state index contributed by atoms with van der Waals surface area (Å²) in [6.45, 7) is 4.51. The Kier molecular flexibility index (Phi) is 7.18. The number of nitrogens with zero attached hydrogens (tertiary/aromatic N) is 5. The van der Waals surface area contributed by atoms with Gasteiger partial charge in [-0.3, -0.25) is 14.0 Å². The third-order valence-electron chi connectivity index (χ3n) is 6.63. The van der Waals surface area contributed by atoms with Gasteiger partial charge in [-0.15, -0.1) is 11.3 Å². The van der Waals surface area contributed by atoms with Gasteiger partial charge in [0.15, 0.2) is 16.3 Å². The summed E-state index contributed by atoms with van der Waals surface area (Å²) in [7, 11) is 0. The van der Waals surface area contributed by atoms with Gasteiger partial charge in [-0.1, -0.05) is 36.4 Å². The molecule has 3 aromatic heterocycles. The van der Waals surface area contributed by atoms with E-state index < -0.39 is 22.9 Å². The first-order chi connectivity index (χ1) is 18.2. The smallest absolute Gasteiger partial charge is 0.275 e. The van der Waals surface area contributed by atoms with Crippen molar-refractivity contribution >= 4 is 62.9 Å². The Morgan fingerprint density at radius 3 is 2.79 bits per heavy atom. The lowest BCUT2D eigenvalue weighted by Crippen LogP contribution is -2.42. The van der Waals surface area contributed by atoms with Crippen molar-refractivity contribution in [2.75, 3.05) is 35.6 Å². The molecule has 0 aliphatic carbocycles. The zero-order valence-electron chi connectivity index (χ0n) is 20.3. The lowest BCUT2D eigenvalue weighted by molar-refractivity contribution is 0.102. The van der Waals surface area contributed by atoms with Crippen molar-refractivity contribution < 1.29 is 9.90 Å². The molecule has 1 aliphatic rings. The largest absolute Gasteiger partial charge is 0.492 e. The Hall–Kier alpha value is -3.39. The topological polar surface area (TPSA) is 165 Å². The highest BCUT2D eigenvalue weighted by molar-refractivity contribution is 7.99. The molecule has 0 saturated carbocycles. The number of hydrogen-bond donors (Lipinski definition) is 4. The number of nitrogens with one attached hydrogen (secondary N) is 1. The molecule has 0 atom stereocenters. The maximum atomic E-state index is 12.9. The van der Waals surface area contributed by atoms with Gasteiger partial charge in [0.1, 0.15) is 10.8 Å². The Morgan fingerprint density at radius 1 is 1.32 bits per heavy atom. The van der Waals surface area contributed by atoms with Gasteiger partial charge in [0.25, 0.3) is 11.5 Å². The summed E-state index contributed by atoms with van der Waals surface area (Å²) < 4.78 is 1.19. The van der Waals surface area contributed by atoms with Crippen LogP contribution in [0.4, 0.5) is 17.3 Å². The van der Waals surface area contributed by atoms with Gasteiger partial charge < -0.3 is 26.8 Å². The Balaban J connectivity index is 1.33.